The molecule has 0 fully saturated rings. The fraction of sp³-hybridized carbons (Fsp3) is 0.304. The molecule has 0 aliphatic carbocycles. The molecule has 0 saturated heterocycles. The molecule has 6 heteroatoms. The van der Waals surface area contributed by atoms with Crippen molar-refractivity contribution in [1.82, 2.24) is 15.2 Å². The normalized spacial score (nSPS) is 11.3. The quantitative estimate of drug-likeness (QED) is 0.512. The largest absolute Gasteiger partial charge is 0.292 e. The van der Waals surface area contributed by atoms with Crippen LogP contribution in [0.15, 0.2) is 46.3 Å². The van der Waals surface area contributed by atoms with Crippen molar-refractivity contribution in [3.05, 3.63) is 74.7 Å². The third-order valence-electron chi connectivity index (χ3n) is 4.90. The van der Waals surface area contributed by atoms with Crippen LogP contribution in [0, 0.1) is 20.8 Å². The van der Waals surface area contributed by atoms with Gasteiger partial charge in [-0.3, -0.25) is 9.59 Å². The summed E-state index contributed by atoms with van der Waals surface area (Å²) < 4.78 is 1.37. The summed E-state index contributed by atoms with van der Waals surface area (Å²) in [5.74, 6) is -0.440. The van der Waals surface area contributed by atoms with Crippen LogP contribution in [0.5, 0.6) is 0 Å². The molecule has 1 N–H and O–H groups in total. The first-order valence-electron chi connectivity index (χ1n) is 9.83. The second kappa shape index (κ2) is 8.82. The lowest BCUT2D eigenvalue weighted by Crippen LogP contribution is -2.29. The molecule has 0 unspecified atom stereocenters. The smallest absolute Gasteiger partial charge is 0.267 e. The number of aromatic nitrogens is 2. The van der Waals surface area contributed by atoms with Gasteiger partial charge in [-0.15, -0.1) is 0 Å². The number of fused-ring (bicyclic) bond motifs is 1. The van der Waals surface area contributed by atoms with E-state index in [1.807, 2.05) is 27.7 Å². The molecule has 6 nitrogen and oxygen atoms in total. The van der Waals surface area contributed by atoms with E-state index >= 15 is 0 Å². The first-order chi connectivity index (χ1) is 13.9. The highest BCUT2D eigenvalue weighted by Crippen LogP contribution is 2.15. The number of carbonyl (C=O) groups excluding carboxylic acids is 1. The van der Waals surface area contributed by atoms with Crippen molar-refractivity contribution in [3.63, 3.8) is 0 Å². The molecule has 0 radical (unpaired) electrons. The second-order valence-corrected chi connectivity index (χ2v) is 7.29. The van der Waals surface area contributed by atoms with E-state index < -0.39 is 5.91 Å². The number of hydrazone groups is 1. The Bertz CT molecular complexity index is 1120. The topological polar surface area (TPSA) is 76.3 Å². The maximum absolute atomic E-state index is 12.8. The number of nitrogens with zero attached hydrogens (tertiary/aromatic N) is 3. The van der Waals surface area contributed by atoms with Crippen molar-refractivity contribution >= 4 is 22.9 Å². The van der Waals surface area contributed by atoms with Crippen LogP contribution in [0.1, 0.15) is 52.5 Å². The number of hydrogen-bond donors (Lipinski definition) is 1. The number of amides is 1. The SMILES string of the molecule is CCCCn1nc(C(=O)N/N=C/c2c(C)cc(C)cc2C)c2ccccc2c1=O. The predicted octanol–water partition coefficient (Wildman–Crippen LogP) is 3.89. The Morgan fingerprint density at radius 3 is 2.45 bits per heavy atom. The van der Waals surface area contributed by atoms with Crippen LogP contribution >= 0.6 is 0 Å². The van der Waals surface area contributed by atoms with Crippen LogP contribution in [-0.2, 0) is 6.54 Å². The lowest BCUT2D eigenvalue weighted by atomic mass is 10.0. The van der Waals surface area contributed by atoms with E-state index in [0.717, 1.165) is 29.5 Å². The summed E-state index contributed by atoms with van der Waals surface area (Å²) >= 11 is 0. The fourth-order valence-corrected chi connectivity index (χ4v) is 3.47. The Balaban J connectivity index is 1.93. The number of nitrogens with one attached hydrogen (secondary N) is 1. The van der Waals surface area contributed by atoms with Crippen molar-refractivity contribution in [3.8, 4) is 0 Å². The molecule has 0 aliphatic heterocycles. The van der Waals surface area contributed by atoms with Gasteiger partial charge >= 0.3 is 0 Å². The summed E-state index contributed by atoms with van der Waals surface area (Å²) in [5, 5.41) is 9.48. The van der Waals surface area contributed by atoms with Crippen molar-refractivity contribution < 1.29 is 4.79 Å². The van der Waals surface area contributed by atoms with Crippen molar-refractivity contribution in [2.45, 2.75) is 47.1 Å². The molecule has 3 aromatic rings. The molecule has 0 spiro atoms. The average molecular weight is 390 g/mol. The van der Waals surface area contributed by atoms with Gasteiger partial charge in [0.2, 0.25) is 0 Å². The lowest BCUT2D eigenvalue weighted by molar-refractivity contribution is 0.0949. The van der Waals surface area contributed by atoms with Gasteiger partial charge in [0.1, 0.15) is 0 Å². The summed E-state index contributed by atoms with van der Waals surface area (Å²) in [6, 6.07) is 11.2. The van der Waals surface area contributed by atoms with Crippen LogP contribution in [0.3, 0.4) is 0 Å². The Morgan fingerprint density at radius 1 is 1.14 bits per heavy atom. The van der Waals surface area contributed by atoms with Crippen LogP contribution < -0.4 is 11.0 Å². The summed E-state index contributed by atoms with van der Waals surface area (Å²) in [5.41, 5.74) is 6.93. The minimum atomic E-state index is -0.440. The number of rotatable bonds is 6. The monoisotopic (exact) mass is 390 g/mol. The Morgan fingerprint density at radius 2 is 1.79 bits per heavy atom. The fourth-order valence-electron chi connectivity index (χ4n) is 3.47. The third kappa shape index (κ3) is 4.42. The van der Waals surface area contributed by atoms with Crippen LogP contribution in [-0.4, -0.2) is 21.9 Å². The number of unbranched alkanes of at least 4 members (excludes halogenated alkanes) is 1. The van der Waals surface area contributed by atoms with Crippen LogP contribution in [0.2, 0.25) is 0 Å². The molecule has 0 saturated carbocycles. The Kier molecular flexibility index (Phi) is 6.22. The average Bonchev–Trinajstić information content (AvgIpc) is 2.69. The molecule has 1 heterocycles. The van der Waals surface area contributed by atoms with E-state index in [2.05, 4.69) is 27.8 Å². The van der Waals surface area contributed by atoms with E-state index in [-0.39, 0.29) is 11.3 Å². The summed E-state index contributed by atoms with van der Waals surface area (Å²) in [6.45, 7) is 8.60. The number of benzene rings is 2. The summed E-state index contributed by atoms with van der Waals surface area (Å²) in [6.07, 6.45) is 3.40. The maximum atomic E-state index is 12.8. The molecule has 0 atom stereocenters. The highest BCUT2D eigenvalue weighted by Gasteiger charge is 2.16. The highest BCUT2D eigenvalue weighted by atomic mass is 16.2. The van der Waals surface area contributed by atoms with Gasteiger partial charge in [0.25, 0.3) is 11.5 Å². The van der Waals surface area contributed by atoms with Gasteiger partial charge < -0.3 is 0 Å². The second-order valence-electron chi connectivity index (χ2n) is 7.29. The zero-order valence-corrected chi connectivity index (χ0v) is 17.3. The van der Waals surface area contributed by atoms with Gasteiger partial charge in [-0.25, -0.2) is 10.1 Å². The molecule has 2 aromatic carbocycles. The third-order valence-corrected chi connectivity index (χ3v) is 4.90. The minimum absolute atomic E-state index is 0.181. The van der Waals surface area contributed by atoms with Gasteiger partial charge in [0, 0.05) is 17.5 Å². The van der Waals surface area contributed by atoms with Crippen molar-refractivity contribution in [1.29, 1.82) is 0 Å². The maximum Gasteiger partial charge on any atom is 0.292 e. The molecular formula is C23H26N4O2. The van der Waals surface area contributed by atoms with E-state index in [4.69, 9.17) is 0 Å². The molecule has 0 bridgehead atoms. The van der Waals surface area contributed by atoms with Gasteiger partial charge in [-0.2, -0.15) is 10.2 Å². The molecular weight excluding hydrogens is 364 g/mol. The highest BCUT2D eigenvalue weighted by molar-refractivity contribution is 6.05. The zero-order valence-electron chi connectivity index (χ0n) is 17.3. The van der Waals surface area contributed by atoms with Gasteiger partial charge in [0.05, 0.1) is 11.6 Å². The molecule has 1 aromatic heterocycles. The summed E-state index contributed by atoms with van der Waals surface area (Å²) in [7, 11) is 0. The first kappa shape index (κ1) is 20.5. The van der Waals surface area contributed by atoms with E-state index in [1.54, 1.807) is 30.5 Å². The van der Waals surface area contributed by atoms with Gasteiger partial charge in [0.15, 0.2) is 5.69 Å². The Labute approximate surface area is 170 Å². The van der Waals surface area contributed by atoms with Crippen LogP contribution in [0.25, 0.3) is 10.8 Å². The zero-order chi connectivity index (χ0) is 21.0. The number of aryl methyl sites for hydroxylation is 4. The minimum Gasteiger partial charge on any atom is -0.267 e. The lowest BCUT2D eigenvalue weighted by Gasteiger charge is -2.10. The van der Waals surface area contributed by atoms with Gasteiger partial charge in [-0.05, 0) is 44.4 Å². The number of hydrogen-bond acceptors (Lipinski definition) is 4. The molecule has 0 aliphatic rings. The van der Waals surface area contributed by atoms with Crippen molar-refractivity contribution in [2.24, 2.45) is 5.10 Å². The Hall–Kier alpha value is -3.28. The molecule has 29 heavy (non-hydrogen) atoms. The van der Waals surface area contributed by atoms with Crippen molar-refractivity contribution in [2.75, 3.05) is 0 Å². The van der Waals surface area contributed by atoms with E-state index in [9.17, 15) is 9.59 Å². The van der Waals surface area contributed by atoms with E-state index in [0.29, 0.717) is 17.3 Å². The van der Waals surface area contributed by atoms with Gasteiger partial charge in [-0.1, -0.05) is 49.2 Å². The summed E-state index contributed by atoms with van der Waals surface area (Å²) in [4.78, 5) is 25.5. The van der Waals surface area contributed by atoms with E-state index in [1.165, 1.54) is 10.2 Å². The first-order valence-corrected chi connectivity index (χ1v) is 9.83. The standard InChI is InChI=1S/C23H26N4O2/c1-5-6-11-27-23(29)19-10-8-7-9-18(19)21(26-27)22(28)25-24-14-20-16(3)12-15(2)13-17(20)4/h7-10,12-14H,5-6,11H2,1-4H3,(H,25,28)/b24-14+. The predicted molar refractivity (Wildman–Crippen MR) is 117 cm³/mol. The molecule has 150 valence electrons. The molecule has 1 amide bonds. The number of carbonyl (C=O) groups is 1. The molecule has 3 rings (SSSR count). The van der Waals surface area contributed by atoms with Crippen LogP contribution in [0.4, 0.5) is 0 Å².